The van der Waals surface area contributed by atoms with Crippen LogP contribution in [0.25, 0.3) is 22.2 Å². The van der Waals surface area contributed by atoms with Crippen LogP contribution in [-0.2, 0) is 19.6 Å². The largest absolute Gasteiger partial charge is 0.490 e. The predicted molar refractivity (Wildman–Crippen MR) is 180 cm³/mol. The van der Waals surface area contributed by atoms with E-state index >= 15 is 0 Å². The van der Waals surface area contributed by atoms with Crippen molar-refractivity contribution in [1.82, 2.24) is 24.6 Å². The van der Waals surface area contributed by atoms with E-state index in [1.54, 1.807) is 17.8 Å². The van der Waals surface area contributed by atoms with Crippen LogP contribution in [0.15, 0.2) is 42.6 Å². The smallest absolute Gasteiger partial charge is 0.420 e. The molecule has 2 aliphatic rings. The van der Waals surface area contributed by atoms with Crippen LogP contribution in [0, 0.1) is 0 Å². The second-order valence-corrected chi connectivity index (χ2v) is 12.8. The Labute approximate surface area is 277 Å². The Morgan fingerprint density at radius 2 is 1.77 bits per heavy atom. The molecule has 0 radical (unpaired) electrons. The number of nitrogens with zero attached hydrogens (tertiary/aromatic N) is 5. The van der Waals surface area contributed by atoms with Gasteiger partial charge >= 0.3 is 12.2 Å². The highest BCUT2D eigenvalue weighted by molar-refractivity contribution is 5.99. The molecule has 4 aromatic rings. The number of nitrogens with one attached hydrogen (secondary N) is 3. The molecule has 1 saturated heterocycles. The topological polar surface area (TPSA) is 135 Å². The molecule has 1 aliphatic heterocycles. The second-order valence-electron chi connectivity index (χ2n) is 12.8. The standard InChI is InChI=1S/C34H42F3N9O2/c1-4-20-15-21(16-22-19-39-32(43-31(20)22)40-24-7-5-23(38)6-8-24)28-18-30(44-46(28)3)42-33(47)41-25-9-10-29(27(17-25)34(35,36)37)48-26-11-13-45(2)14-12-26/h9-10,15-19,23-24,26H,4-8,11-14,38H2,1-3H3,(H,39,40,43)(H2,41,42,44,47). The van der Waals surface area contributed by atoms with E-state index in [-0.39, 0.29) is 29.4 Å². The summed E-state index contributed by atoms with van der Waals surface area (Å²) in [6.45, 7) is 3.57. The van der Waals surface area contributed by atoms with Gasteiger partial charge in [-0.3, -0.25) is 10.00 Å². The fourth-order valence-electron chi connectivity index (χ4n) is 6.44. The van der Waals surface area contributed by atoms with Crippen molar-refractivity contribution in [2.75, 3.05) is 36.1 Å². The van der Waals surface area contributed by atoms with E-state index in [4.69, 9.17) is 15.5 Å². The van der Waals surface area contributed by atoms with Crippen LogP contribution in [0.5, 0.6) is 5.75 Å². The number of anilines is 3. The number of fused-ring (bicyclic) bond motifs is 1. The van der Waals surface area contributed by atoms with E-state index in [0.29, 0.717) is 24.8 Å². The van der Waals surface area contributed by atoms with E-state index < -0.39 is 17.8 Å². The van der Waals surface area contributed by atoms with E-state index in [1.165, 1.54) is 12.1 Å². The van der Waals surface area contributed by atoms with Gasteiger partial charge in [-0.1, -0.05) is 6.92 Å². The highest BCUT2D eigenvalue weighted by Gasteiger charge is 2.36. The number of likely N-dealkylation sites (tertiary alicyclic amines) is 1. The molecule has 1 aliphatic carbocycles. The van der Waals surface area contributed by atoms with Crippen LogP contribution in [0.2, 0.25) is 0 Å². The summed E-state index contributed by atoms with van der Waals surface area (Å²) in [4.78, 5) is 24.4. The Hall–Kier alpha value is -4.43. The average molecular weight is 666 g/mol. The summed E-state index contributed by atoms with van der Waals surface area (Å²) in [5.74, 6) is 0.598. The van der Waals surface area contributed by atoms with Crippen LogP contribution in [0.3, 0.4) is 0 Å². The Bertz CT molecular complexity index is 1760. The molecular formula is C34H42F3N9O2. The van der Waals surface area contributed by atoms with Crippen LogP contribution in [0.1, 0.15) is 56.6 Å². The van der Waals surface area contributed by atoms with Crippen molar-refractivity contribution in [3.05, 3.63) is 53.7 Å². The number of aromatic nitrogens is 4. The first-order valence-corrected chi connectivity index (χ1v) is 16.5. The van der Waals surface area contributed by atoms with Crippen molar-refractivity contribution >= 4 is 34.4 Å². The van der Waals surface area contributed by atoms with Gasteiger partial charge in [-0.2, -0.15) is 18.3 Å². The number of ether oxygens (including phenoxy) is 1. The number of nitrogens with two attached hydrogens (primary N) is 1. The highest BCUT2D eigenvalue weighted by Crippen LogP contribution is 2.39. The summed E-state index contributed by atoms with van der Waals surface area (Å²) in [6, 6.07) is 9.14. The third-order valence-electron chi connectivity index (χ3n) is 9.17. The van der Waals surface area contributed by atoms with Crippen molar-refractivity contribution in [3.8, 4) is 17.0 Å². The molecule has 2 fully saturated rings. The third kappa shape index (κ3) is 7.81. The third-order valence-corrected chi connectivity index (χ3v) is 9.17. The Kier molecular flexibility index (Phi) is 9.74. The number of aryl methyl sites for hydroxylation is 2. The number of piperidine rings is 1. The maximum Gasteiger partial charge on any atom is 0.420 e. The molecule has 256 valence electrons. The molecule has 0 bridgehead atoms. The maximum absolute atomic E-state index is 14.0. The molecule has 2 aromatic heterocycles. The number of halogens is 3. The van der Waals surface area contributed by atoms with Crippen molar-refractivity contribution < 1.29 is 22.7 Å². The summed E-state index contributed by atoms with van der Waals surface area (Å²) in [6.07, 6.45) is 2.83. The Balaban J connectivity index is 1.15. The van der Waals surface area contributed by atoms with Gasteiger partial charge < -0.3 is 26.0 Å². The van der Waals surface area contributed by atoms with Crippen molar-refractivity contribution in [2.45, 2.75) is 76.2 Å². The van der Waals surface area contributed by atoms with E-state index in [2.05, 4.69) is 37.9 Å². The maximum atomic E-state index is 14.0. The van der Waals surface area contributed by atoms with Crippen LogP contribution in [-0.4, -0.2) is 69.0 Å². The van der Waals surface area contributed by atoms with Crippen molar-refractivity contribution in [2.24, 2.45) is 12.8 Å². The average Bonchev–Trinajstić information content (AvgIpc) is 3.42. The van der Waals surface area contributed by atoms with E-state index in [9.17, 15) is 18.0 Å². The molecular weight excluding hydrogens is 623 g/mol. The minimum atomic E-state index is -4.66. The fourth-order valence-corrected chi connectivity index (χ4v) is 6.44. The lowest BCUT2D eigenvalue weighted by atomic mass is 9.92. The molecule has 11 nitrogen and oxygen atoms in total. The zero-order valence-corrected chi connectivity index (χ0v) is 27.4. The van der Waals surface area contributed by atoms with Gasteiger partial charge in [0.25, 0.3) is 0 Å². The molecule has 0 atom stereocenters. The number of rotatable bonds is 8. The van der Waals surface area contributed by atoms with Gasteiger partial charge in [0.1, 0.15) is 11.9 Å². The van der Waals surface area contributed by atoms with Gasteiger partial charge in [0.2, 0.25) is 5.95 Å². The molecule has 6 rings (SSSR count). The lowest BCUT2D eigenvalue weighted by molar-refractivity contribution is -0.139. The molecule has 5 N–H and O–H groups in total. The molecule has 3 heterocycles. The molecule has 1 saturated carbocycles. The minimum Gasteiger partial charge on any atom is -0.490 e. The Morgan fingerprint density at radius 3 is 2.48 bits per heavy atom. The number of alkyl halides is 3. The van der Waals surface area contributed by atoms with Crippen molar-refractivity contribution in [3.63, 3.8) is 0 Å². The fraction of sp³-hybridized carbons (Fsp3) is 0.471. The molecule has 0 unspecified atom stereocenters. The van der Waals surface area contributed by atoms with Gasteiger partial charge in [-0.25, -0.2) is 14.8 Å². The van der Waals surface area contributed by atoms with Gasteiger partial charge in [-0.15, -0.1) is 0 Å². The summed E-state index contributed by atoms with van der Waals surface area (Å²) >= 11 is 0. The predicted octanol–water partition coefficient (Wildman–Crippen LogP) is 6.41. The van der Waals surface area contributed by atoms with Gasteiger partial charge in [0, 0.05) is 61.1 Å². The summed E-state index contributed by atoms with van der Waals surface area (Å²) in [7, 11) is 3.73. The first kappa shape index (κ1) is 33.5. The summed E-state index contributed by atoms with van der Waals surface area (Å²) in [5.41, 5.74) is 8.60. The Morgan fingerprint density at radius 1 is 1.02 bits per heavy atom. The number of hydrogen-bond donors (Lipinski definition) is 4. The molecule has 14 heteroatoms. The highest BCUT2D eigenvalue weighted by atomic mass is 19.4. The second kappa shape index (κ2) is 14.0. The zero-order valence-electron chi connectivity index (χ0n) is 27.4. The monoisotopic (exact) mass is 665 g/mol. The molecule has 2 amide bonds. The first-order chi connectivity index (χ1) is 22.9. The number of benzene rings is 2. The quantitative estimate of drug-likeness (QED) is 0.170. The van der Waals surface area contributed by atoms with Crippen LogP contribution in [0.4, 0.5) is 35.4 Å². The van der Waals surface area contributed by atoms with Gasteiger partial charge in [-0.05, 0) is 87.9 Å². The zero-order chi connectivity index (χ0) is 34.0. The first-order valence-electron chi connectivity index (χ1n) is 16.5. The normalized spacial score (nSPS) is 19.3. The number of amides is 2. The van der Waals surface area contributed by atoms with Crippen LogP contribution >= 0.6 is 0 Å². The number of hydrogen-bond acceptors (Lipinski definition) is 8. The molecule has 48 heavy (non-hydrogen) atoms. The molecule has 2 aromatic carbocycles. The minimum absolute atomic E-state index is 0.0188. The SMILES string of the molecule is CCc1cc(-c2cc(NC(=O)Nc3ccc(OC4CCN(C)CC4)c(C(F)(F)F)c3)nn2C)cc2cnc(NC3CCC(N)CC3)nc12. The van der Waals surface area contributed by atoms with Gasteiger partial charge in [0.05, 0.1) is 16.8 Å². The molecule has 0 spiro atoms. The lowest BCUT2D eigenvalue weighted by Gasteiger charge is -2.30. The number of carbonyl (C=O) groups is 1. The van der Waals surface area contributed by atoms with Gasteiger partial charge in [0.15, 0.2) is 5.82 Å². The number of carbonyl (C=O) groups excluding carboxylic acids is 1. The number of urea groups is 1. The van der Waals surface area contributed by atoms with Crippen LogP contribution < -0.4 is 26.4 Å². The summed E-state index contributed by atoms with van der Waals surface area (Å²) < 4.78 is 49.3. The van der Waals surface area contributed by atoms with E-state index in [1.807, 2.05) is 25.4 Å². The summed E-state index contributed by atoms with van der Waals surface area (Å²) in [5, 5.41) is 13.9. The van der Waals surface area contributed by atoms with E-state index in [0.717, 1.165) is 79.0 Å². The lowest BCUT2D eigenvalue weighted by Crippen LogP contribution is -2.36. The van der Waals surface area contributed by atoms with Crippen molar-refractivity contribution in [1.29, 1.82) is 0 Å².